The van der Waals surface area contributed by atoms with Crippen molar-refractivity contribution in [3.05, 3.63) is 22.7 Å². The molecule has 1 saturated heterocycles. The van der Waals surface area contributed by atoms with Crippen LogP contribution in [0.1, 0.15) is 43.5 Å². The summed E-state index contributed by atoms with van der Waals surface area (Å²) in [5.74, 6) is 1.05. The number of likely N-dealkylation sites (tertiary alicyclic amines) is 1. The summed E-state index contributed by atoms with van der Waals surface area (Å²) in [5.41, 5.74) is 0.551. The number of nitrogens with zero attached hydrogens (tertiary/aromatic N) is 1. The molecule has 24 heavy (non-hydrogen) atoms. The molecule has 0 saturated carbocycles. The van der Waals surface area contributed by atoms with Crippen LogP contribution in [0.5, 0.6) is 11.5 Å². The summed E-state index contributed by atoms with van der Waals surface area (Å²) in [4.78, 5) is 14.8. The van der Waals surface area contributed by atoms with Crippen LogP contribution in [-0.4, -0.2) is 50.2 Å². The molecule has 1 aliphatic heterocycles. The number of carbonyl (C=O) groups excluding carboxylic acids is 1. The molecular weight excluding hydrogens is 328 g/mol. The summed E-state index contributed by atoms with van der Waals surface area (Å²) in [6.07, 6.45) is 2.93. The molecule has 0 radical (unpaired) electrons. The monoisotopic (exact) mass is 354 g/mol. The Labute approximate surface area is 149 Å². The zero-order valence-electron chi connectivity index (χ0n) is 14.7. The minimum atomic E-state index is -0.00218. The van der Waals surface area contributed by atoms with Crippen molar-refractivity contribution >= 4 is 17.5 Å². The quantitative estimate of drug-likeness (QED) is 0.777. The number of benzene rings is 1. The minimum absolute atomic E-state index is 0.00218. The Balaban J connectivity index is 2.27. The second-order valence-corrected chi connectivity index (χ2v) is 6.33. The van der Waals surface area contributed by atoms with Gasteiger partial charge in [-0.15, -0.1) is 0 Å². The summed E-state index contributed by atoms with van der Waals surface area (Å²) >= 11 is 6.37. The molecule has 1 heterocycles. The fraction of sp³-hybridized carbons (Fsp3) is 0.611. The number of hydrogen-bond donors (Lipinski definition) is 1. The molecule has 0 aliphatic carbocycles. The lowest BCUT2D eigenvalue weighted by atomic mass is 10.1. The number of nitrogens with one attached hydrogen (secondary N) is 1. The SMILES string of the molecule is CCCOc1c(Cl)cc(C(=O)N2CCCC2CNC)cc1OCC. The molecule has 2 rings (SSSR count). The second-order valence-electron chi connectivity index (χ2n) is 5.92. The van der Waals surface area contributed by atoms with Crippen molar-refractivity contribution in [1.29, 1.82) is 0 Å². The fourth-order valence-electron chi connectivity index (χ4n) is 3.02. The van der Waals surface area contributed by atoms with Crippen LogP contribution in [0.2, 0.25) is 5.02 Å². The first kappa shape index (κ1) is 18.9. The highest BCUT2D eigenvalue weighted by atomic mass is 35.5. The van der Waals surface area contributed by atoms with Gasteiger partial charge in [-0.25, -0.2) is 0 Å². The van der Waals surface area contributed by atoms with E-state index >= 15 is 0 Å². The molecule has 1 aromatic rings. The number of hydrogen-bond acceptors (Lipinski definition) is 4. The van der Waals surface area contributed by atoms with Crippen LogP contribution in [0.15, 0.2) is 12.1 Å². The van der Waals surface area contributed by atoms with Crippen LogP contribution >= 0.6 is 11.6 Å². The first-order valence-electron chi connectivity index (χ1n) is 8.67. The van der Waals surface area contributed by atoms with E-state index in [2.05, 4.69) is 5.32 Å². The van der Waals surface area contributed by atoms with Crippen molar-refractivity contribution in [3.8, 4) is 11.5 Å². The normalized spacial score (nSPS) is 17.2. The van der Waals surface area contributed by atoms with Gasteiger partial charge in [0, 0.05) is 24.7 Å². The standard InChI is InChI=1S/C18H27ClN2O3/c1-4-9-24-17-15(19)10-13(11-16(17)23-5-2)18(22)21-8-6-7-14(21)12-20-3/h10-11,14,20H,4-9,12H2,1-3H3. The van der Waals surface area contributed by atoms with Gasteiger partial charge in [0.05, 0.1) is 18.2 Å². The van der Waals surface area contributed by atoms with Gasteiger partial charge >= 0.3 is 0 Å². The molecule has 0 spiro atoms. The number of amides is 1. The highest BCUT2D eigenvalue weighted by molar-refractivity contribution is 6.32. The molecule has 5 nitrogen and oxygen atoms in total. The Morgan fingerprint density at radius 1 is 1.38 bits per heavy atom. The summed E-state index contributed by atoms with van der Waals surface area (Å²) in [6.45, 7) is 6.55. The molecular formula is C18H27ClN2O3. The topological polar surface area (TPSA) is 50.8 Å². The van der Waals surface area contributed by atoms with Crippen molar-refractivity contribution < 1.29 is 14.3 Å². The fourth-order valence-corrected chi connectivity index (χ4v) is 3.28. The largest absolute Gasteiger partial charge is 0.490 e. The predicted octanol–water partition coefficient (Wildman–Crippen LogP) is 3.35. The van der Waals surface area contributed by atoms with Gasteiger partial charge < -0.3 is 19.7 Å². The van der Waals surface area contributed by atoms with Gasteiger partial charge in [0.2, 0.25) is 0 Å². The van der Waals surface area contributed by atoms with Gasteiger partial charge in [0.15, 0.2) is 11.5 Å². The van der Waals surface area contributed by atoms with Crippen molar-refractivity contribution in [2.45, 2.75) is 39.2 Å². The van der Waals surface area contributed by atoms with E-state index in [1.165, 1.54) is 0 Å². The Kier molecular flexibility index (Phi) is 7.18. The lowest BCUT2D eigenvalue weighted by molar-refractivity contribution is 0.0736. The van der Waals surface area contributed by atoms with E-state index in [1.54, 1.807) is 12.1 Å². The summed E-state index contributed by atoms with van der Waals surface area (Å²) in [6, 6.07) is 3.66. The van der Waals surface area contributed by atoms with Crippen molar-refractivity contribution in [3.63, 3.8) is 0 Å². The summed E-state index contributed by atoms with van der Waals surface area (Å²) in [5, 5.41) is 3.58. The minimum Gasteiger partial charge on any atom is -0.490 e. The Hall–Kier alpha value is -1.46. The van der Waals surface area contributed by atoms with Gasteiger partial charge in [0.25, 0.3) is 5.91 Å². The van der Waals surface area contributed by atoms with Crippen LogP contribution in [0.3, 0.4) is 0 Å². The van der Waals surface area contributed by atoms with Crippen molar-refractivity contribution in [2.75, 3.05) is 33.4 Å². The van der Waals surface area contributed by atoms with Crippen LogP contribution in [0, 0.1) is 0 Å². The maximum absolute atomic E-state index is 12.9. The number of rotatable bonds is 8. The second kappa shape index (κ2) is 9.14. The average Bonchev–Trinajstić information content (AvgIpc) is 3.02. The molecule has 134 valence electrons. The van der Waals surface area contributed by atoms with Gasteiger partial charge in [-0.1, -0.05) is 18.5 Å². The Bertz CT molecular complexity index is 565. The number of halogens is 1. The smallest absolute Gasteiger partial charge is 0.254 e. The molecule has 1 atom stereocenters. The molecule has 1 aromatic carbocycles. The van der Waals surface area contributed by atoms with Crippen LogP contribution in [-0.2, 0) is 0 Å². The first-order valence-corrected chi connectivity index (χ1v) is 9.04. The number of likely N-dealkylation sites (N-methyl/N-ethyl adjacent to an activating group) is 1. The highest BCUT2D eigenvalue weighted by Crippen LogP contribution is 2.37. The molecule has 0 bridgehead atoms. The van der Waals surface area contributed by atoms with E-state index in [1.807, 2.05) is 25.8 Å². The van der Waals surface area contributed by atoms with E-state index in [9.17, 15) is 4.79 Å². The van der Waals surface area contributed by atoms with E-state index in [0.717, 1.165) is 32.4 Å². The third-order valence-electron chi connectivity index (χ3n) is 4.08. The van der Waals surface area contributed by atoms with Gasteiger partial charge in [0.1, 0.15) is 0 Å². The van der Waals surface area contributed by atoms with Crippen LogP contribution in [0.4, 0.5) is 0 Å². The molecule has 6 heteroatoms. The molecule has 1 aliphatic rings. The summed E-state index contributed by atoms with van der Waals surface area (Å²) in [7, 11) is 1.91. The molecule has 1 fully saturated rings. The van der Waals surface area contributed by atoms with Crippen LogP contribution < -0.4 is 14.8 Å². The third-order valence-corrected chi connectivity index (χ3v) is 4.37. The van der Waals surface area contributed by atoms with E-state index in [-0.39, 0.29) is 11.9 Å². The molecule has 1 amide bonds. The number of ether oxygens (including phenoxy) is 2. The summed E-state index contributed by atoms with van der Waals surface area (Å²) < 4.78 is 11.3. The Morgan fingerprint density at radius 3 is 2.83 bits per heavy atom. The zero-order valence-corrected chi connectivity index (χ0v) is 15.5. The first-order chi connectivity index (χ1) is 11.6. The van der Waals surface area contributed by atoms with E-state index < -0.39 is 0 Å². The average molecular weight is 355 g/mol. The zero-order chi connectivity index (χ0) is 17.5. The van der Waals surface area contributed by atoms with Crippen LogP contribution in [0.25, 0.3) is 0 Å². The van der Waals surface area contributed by atoms with Crippen molar-refractivity contribution in [1.82, 2.24) is 10.2 Å². The molecule has 0 aromatic heterocycles. The lowest BCUT2D eigenvalue weighted by Crippen LogP contribution is -2.40. The van der Waals surface area contributed by atoms with Gasteiger partial charge in [-0.2, -0.15) is 0 Å². The van der Waals surface area contributed by atoms with E-state index in [0.29, 0.717) is 35.3 Å². The molecule has 1 N–H and O–H groups in total. The lowest BCUT2D eigenvalue weighted by Gasteiger charge is -2.25. The van der Waals surface area contributed by atoms with Crippen molar-refractivity contribution in [2.24, 2.45) is 0 Å². The molecule has 1 unspecified atom stereocenters. The van der Waals surface area contributed by atoms with Gasteiger partial charge in [-0.3, -0.25) is 4.79 Å². The highest BCUT2D eigenvalue weighted by Gasteiger charge is 2.29. The predicted molar refractivity (Wildman–Crippen MR) is 96.4 cm³/mol. The maximum Gasteiger partial charge on any atom is 0.254 e. The Morgan fingerprint density at radius 2 is 2.17 bits per heavy atom. The van der Waals surface area contributed by atoms with Gasteiger partial charge in [-0.05, 0) is 45.4 Å². The third kappa shape index (κ3) is 4.33. The number of carbonyl (C=O) groups is 1. The maximum atomic E-state index is 12.9. The van der Waals surface area contributed by atoms with E-state index in [4.69, 9.17) is 21.1 Å².